The largest absolute Gasteiger partial charge is 0.493 e. The number of carboxylic acid groups (broad SMARTS) is 1. The first-order valence-corrected chi connectivity index (χ1v) is 7.82. The molecular formula is C15H13BrN4O6. The number of aliphatic carboxylic acids is 1. The van der Waals surface area contributed by atoms with E-state index in [1.54, 1.807) is 12.1 Å². The molecule has 0 aliphatic heterocycles. The Morgan fingerprint density at radius 2 is 2.31 bits per heavy atom. The third kappa shape index (κ3) is 4.89. The Balaban J connectivity index is 2.19. The van der Waals surface area contributed by atoms with E-state index in [4.69, 9.17) is 14.6 Å². The lowest BCUT2D eigenvalue weighted by Crippen LogP contribution is -2.10. The zero-order valence-electron chi connectivity index (χ0n) is 13.4. The van der Waals surface area contributed by atoms with Crippen molar-refractivity contribution in [2.75, 3.05) is 19.1 Å². The Hall–Kier alpha value is -3.21. The van der Waals surface area contributed by atoms with Gasteiger partial charge in [0.1, 0.15) is 0 Å². The fourth-order valence-electron chi connectivity index (χ4n) is 1.89. The molecule has 11 heteroatoms. The number of nitro groups is 1. The molecule has 1 aromatic heterocycles. The van der Waals surface area contributed by atoms with Crippen LogP contribution in [0.25, 0.3) is 0 Å². The number of carboxylic acids is 1. The fraction of sp³-hybridized carbons (Fsp3) is 0.133. The average Bonchev–Trinajstić information content (AvgIpc) is 2.60. The molecule has 0 aliphatic rings. The Bertz CT molecular complexity index is 858. The van der Waals surface area contributed by atoms with Crippen molar-refractivity contribution in [1.82, 2.24) is 4.98 Å². The number of halogens is 1. The van der Waals surface area contributed by atoms with Gasteiger partial charge < -0.3 is 14.6 Å². The molecule has 0 saturated carbocycles. The first-order valence-electron chi connectivity index (χ1n) is 7.03. The predicted molar refractivity (Wildman–Crippen MR) is 95.9 cm³/mol. The monoisotopic (exact) mass is 424 g/mol. The maximum Gasteiger partial charge on any atom is 0.341 e. The summed E-state index contributed by atoms with van der Waals surface area (Å²) in [5.41, 5.74) is 2.87. The topological polar surface area (TPSA) is 136 Å². The summed E-state index contributed by atoms with van der Waals surface area (Å²) in [6.45, 7) is -0.521. The molecule has 0 atom stereocenters. The molecule has 0 fully saturated rings. The minimum absolute atomic E-state index is 0.00110. The highest BCUT2D eigenvalue weighted by Gasteiger charge is 2.14. The van der Waals surface area contributed by atoms with Gasteiger partial charge in [-0.2, -0.15) is 5.10 Å². The predicted octanol–water partition coefficient (Wildman–Crippen LogP) is 2.67. The van der Waals surface area contributed by atoms with Crippen LogP contribution in [0.3, 0.4) is 0 Å². The van der Waals surface area contributed by atoms with E-state index in [2.05, 4.69) is 31.4 Å². The van der Waals surface area contributed by atoms with E-state index >= 15 is 0 Å². The molecule has 136 valence electrons. The van der Waals surface area contributed by atoms with Gasteiger partial charge in [0.25, 0.3) is 0 Å². The van der Waals surface area contributed by atoms with Gasteiger partial charge in [0.2, 0.25) is 5.82 Å². The molecule has 2 aromatic rings. The van der Waals surface area contributed by atoms with E-state index in [9.17, 15) is 14.9 Å². The zero-order valence-corrected chi connectivity index (χ0v) is 15.0. The van der Waals surface area contributed by atoms with Crippen molar-refractivity contribution in [3.63, 3.8) is 0 Å². The van der Waals surface area contributed by atoms with Gasteiger partial charge in [0, 0.05) is 12.3 Å². The second-order valence-corrected chi connectivity index (χ2v) is 5.57. The third-order valence-corrected chi connectivity index (χ3v) is 3.55. The zero-order chi connectivity index (χ0) is 19.1. The number of hydrogen-bond acceptors (Lipinski definition) is 8. The quantitative estimate of drug-likeness (QED) is 0.374. The molecule has 0 unspecified atom stereocenters. The van der Waals surface area contributed by atoms with E-state index < -0.39 is 17.5 Å². The number of methoxy groups -OCH3 is 1. The number of carbonyl (C=O) groups is 1. The van der Waals surface area contributed by atoms with Crippen molar-refractivity contribution < 1.29 is 24.3 Å². The number of rotatable bonds is 8. The van der Waals surface area contributed by atoms with Crippen LogP contribution in [0.2, 0.25) is 0 Å². The highest BCUT2D eigenvalue weighted by Crippen LogP contribution is 2.36. The van der Waals surface area contributed by atoms with Crippen molar-refractivity contribution >= 4 is 39.6 Å². The summed E-state index contributed by atoms with van der Waals surface area (Å²) in [4.78, 5) is 24.9. The second kappa shape index (κ2) is 8.76. The minimum Gasteiger partial charge on any atom is -0.493 e. The molecule has 0 bridgehead atoms. The van der Waals surface area contributed by atoms with E-state index in [0.717, 1.165) is 0 Å². The van der Waals surface area contributed by atoms with Gasteiger partial charge >= 0.3 is 11.7 Å². The number of pyridine rings is 1. The van der Waals surface area contributed by atoms with Gasteiger partial charge in [-0.1, -0.05) is 0 Å². The Morgan fingerprint density at radius 1 is 1.54 bits per heavy atom. The fourth-order valence-corrected chi connectivity index (χ4v) is 2.46. The number of benzene rings is 1. The molecule has 0 amide bonds. The van der Waals surface area contributed by atoms with Crippen LogP contribution in [-0.2, 0) is 4.79 Å². The Morgan fingerprint density at radius 3 is 2.96 bits per heavy atom. The number of nitrogens with zero attached hydrogens (tertiary/aromatic N) is 3. The summed E-state index contributed by atoms with van der Waals surface area (Å²) in [7, 11) is 1.41. The summed E-state index contributed by atoms with van der Waals surface area (Å²) in [6.07, 6.45) is 2.80. The highest BCUT2D eigenvalue weighted by atomic mass is 79.9. The normalized spacial score (nSPS) is 10.5. The lowest BCUT2D eigenvalue weighted by Gasteiger charge is -2.12. The van der Waals surface area contributed by atoms with Gasteiger partial charge in [-0.25, -0.2) is 9.78 Å². The first-order chi connectivity index (χ1) is 12.4. The Labute approximate surface area is 155 Å². The van der Waals surface area contributed by atoms with Crippen LogP contribution in [0.15, 0.2) is 40.0 Å². The molecule has 0 saturated heterocycles. The lowest BCUT2D eigenvalue weighted by atomic mass is 10.2. The molecule has 2 N–H and O–H groups in total. The van der Waals surface area contributed by atoms with Crippen LogP contribution in [0.1, 0.15) is 5.56 Å². The number of aromatic nitrogens is 1. The van der Waals surface area contributed by atoms with Crippen LogP contribution in [0, 0.1) is 10.1 Å². The van der Waals surface area contributed by atoms with E-state index in [-0.39, 0.29) is 17.3 Å². The maximum atomic E-state index is 10.9. The minimum atomic E-state index is -1.12. The van der Waals surface area contributed by atoms with Crippen molar-refractivity contribution in [2.24, 2.45) is 5.10 Å². The molecule has 1 heterocycles. The van der Waals surface area contributed by atoms with Crippen molar-refractivity contribution in [2.45, 2.75) is 0 Å². The third-order valence-electron chi connectivity index (χ3n) is 2.96. The smallest absolute Gasteiger partial charge is 0.341 e. The van der Waals surface area contributed by atoms with Gasteiger partial charge in [-0.3, -0.25) is 15.5 Å². The van der Waals surface area contributed by atoms with E-state index in [1.165, 1.54) is 31.7 Å². The van der Waals surface area contributed by atoms with E-state index in [0.29, 0.717) is 15.8 Å². The van der Waals surface area contributed by atoms with Crippen LogP contribution < -0.4 is 14.9 Å². The number of ether oxygens (including phenoxy) is 2. The molecule has 0 radical (unpaired) electrons. The first kappa shape index (κ1) is 19.1. The summed E-state index contributed by atoms with van der Waals surface area (Å²) >= 11 is 3.27. The molecule has 10 nitrogen and oxygen atoms in total. The molecular weight excluding hydrogens is 412 g/mol. The molecule has 2 rings (SSSR count). The summed E-state index contributed by atoms with van der Waals surface area (Å²) in [5, 5.41) is 23.6. The molecule has 1 aromatic carbocycles. The van der Waals surface area contributed by atoms with Crippen molar-refractivity contribution in [3.05, 3.63) is 50.6 Å². The molecule has 26 heavy (non-hydrogen) atoms. The Kier molecular flexibility index (Phi) is 6.44. The molecule has 0 spiro atoms. The number of anilines is 1. The van der Waals surface area contributed by atoms with Crippen molar-refractivity contribution in [1.29, 1.82) is 0 Å². The SMILES string of the molecule is COc1cc(/C=N\Nc2ncccc2[N+](=O)[O-])cc(Br)c1OCC(=O)O. The van der Waals surface area contributed by atoms with Gasteiger partial charge in [-0.05, 0) is 39.7 Å². The number of nitrogens with one attached hydrogen (secondary N) is 1. The van der Waals surface area contributed by atoms with Crippen LogP contribution in [0.5, 0.6) is 11.5 Å². The number of hydrogen-bond donors (Lipinski definition) is 2. The van der Waals surface area contributed by atoms with Crippen LogP contribution >= 0.6 is 15.9 Å². The van der Waals surface area contributed by atoms with Crippen molar-refractivity contribution in [3.8, 4) is 11.5 Å². The summed E-state index contributed by atoms with van der Waals surface area (Å²) < 4.78 is 10.8. The van der Waals surface area contributed by atoms with E-state index in [1.807, 2.05) is 0 Å². The lowest BCUT2D eigenvalue weighted by molar-refractivity contribution is -0.384. The van der Waals surface area contributed by atoms with Gasteiger partial charge in [0.15, 0.2) is 18.1 Å². The average molecular weight is 425 g/mol. The number of hydrazone groups is 1. The summed E-state index contributed by atoms with van der Waals surface area (Å²) in [5.74, 6) is -0.585. The second-order valence-electron chi connectivity index (χ2n) is 4.71. The van der Waals surface area contributed by atoms with Gasteiger partial charge in [-0.15, -0.1) is 0 Å². The molecule has 0 aliphatic carbocycles. The standard InChI is InChI=1S/C15H13BrN4O6/c1-25-12-6-9(5-10(16)14(12)26-8-13(21)22)7-18-19-15-11(20(23)24)3-2-4-17-15/h2-7H,8H2,1H3,(H,17,19)(H,21,22)/b18-7-. The maximum absolute atomic E-state index is 10.9. The van der Waals surface area contributed by atoms with Crippen LogP contribution in [-0.4, -0.2) is 40.9 Å². The van der Waals surface area contributed by atoms with Crippen LogP contribution in [0.4, 0.5) is 11.5 Å². The van der Waals surface area contributed by atoms with Gasteiger partial charge in [0.05, 0.1) is 22.7 Å². The summed E-state index contributed by atoms with van der Waals surface area (Å²) in [6, 6.07) is 5.95. The highest BCUT2D eigenvalue weighted by molar-refractivity contribution is 9.10.